The molecule has 0 N–H and O–H groups in total. The Morgan fingerprint density at radius 3 is 2.67 bits per heavy atom. The van der Waals surface area contributed by atoms with Gasteiger partial charge in [-0.15, -0.1) is 6.42 Å². The van der Waals surface area contributed by atoms with E-state index in [4.69, 9.17) is 0 Å². The zero-order valence-electron chi connectivity index (χ0n) is 6.77. The van der Waals surface area contributed by atoms with Crippen LogP contribution in [0.2, 0.25) is 0 Å². The first-order valence-corrected chi connectivity index (χ1v) is 3.44. The number of esters is 1. The zero-order valence-corrected chi connectivity index (χ0v) is 6.77. The van der Waals surface area contributed by atoms with Crippen LogP contribution in [0.25, 0.3) is 0 Å². The lowest BCUT2D eigenvalue weighted by atomic mass is 10.1. The van der Waals surface area contributed by atoms with Crippen molar-refractivity contribution in [3.05, 3.63) is 0 Å². The summed E-state index contributed by atoms with van der Waals surface area (Å²) in [5, 5.41) is 0. The predicted molar refractivity (Wildman–Crippen MR) is 39.6 cm³/mol. The summed E-state index contributed by atoms with van der Waals surface area (Å²) in [6.07, 6.45) is 4.09. The van der Waals surface area contributed by atoms with Crippen LogP contribution in [0.3, 0.4) is 0 Å². The molecule has 0 fully saturated rings. The number of hydrogen-bond acceptors (Lipinski definition) is 2. The molecule has 0 aromatic rings. The molecular weight excluding hydrogens is 166 g/mol. The molecule has 0 spiro atoms. The van der Waals surface area contributed by atoms with Crippen molar-refractivity contribution in [2.45, 2.75) is 25.2 Å². The lowest BCUT2D eigenvalue weighted by Gasteiger charge is -2.07. The molecule has 0 bridgehead atoms. The third kappa shape index (κ3) is 4.67. The van der Waals surface area contributed by atoms with E-state index in [1.165, 1.54) is 13.0 Å². The molecule has 0 aromatic carbocycles. The van der Waals surface area contributed by atoms with Crippen LogP contribution in [0.1, 0.15) is 19.3 Å². The molecule has 0 atom stereocenters. The number of rotatable bonds is 4. The second-order valence-corrected chi connectivity index (χ2v) is 2.28. The second kappa shape index (κ2) is 4.70. The highest BCUT2D eigenvalue weighted by Gasteiger charge is 2.24. The van der Waals surface area contributed by atoms with Gasteiger partial charge in [0.2, 0.25) is 0 Å². The fourth-order valence-corrected chi connectivity index (χ4v) is 0.629. The van der Waals surface area contributed by atoms with Gasteiger partial charge in [-0.2, -0.15) is 8.78 Å². The SMILES string of the molecule is C#CC(F)(F)CCCC(=O)OC. The van der Waals surface area contributed by atoms with E-state index in [0.29, 0.717) is 0 Å². The molecule has 0 saturated carbocycles. The predicted octanol–water partition coefficient (Wildman–Crippen LogP) is 1.60. The highest BCUT2D eigenvalue weighted by Crippen LogP contribution is 2.19. The third-order valence-electron chi connectivity index (χ3n) is 1.31. The van der Waals surface area contributed by atoms with Gasteiger partial charge < -0.3 is 4.74 Å². The van der Waals surface area contributed by atoms with Crippen LogP contribution in [0.5, 0.6) is 0 Å². The van der Waals surface area contributed by atoms with Gasteiger partial charge in [0.25, 0.3) is 0 Å². The topological polar surface area (TPSA) is 26.3 Å². The number of carbonyl (C=O) groups excluding carboxylic acids is 1. The van der Waals surface area contributed by atoms with Crippen molar-refractivity contribution < 1.29 is 18.3 Å². The Kier molecular flexibility index (Phi) is 4.27. The smallest absolute Gasteiger partial charge is 0.307 e. The van der Waals surface area contributed by atoms with E-state index in [9.17, 15) is 13.6 Å². The van der Waals surface area contributed by atoms with Crippen LogP contribution in [0.4, 0.5) is 8.78 Å². The van der Waals surface area contributed by atoms with E-state index in [1.54, 1.807) is 0 Å². The molecule has 0 rings (SSSR count). The Balaban J connectivity index is 3.58. The largest absolute Gasteiger partial charge is 0.469 e. The lowest BCUT2D eigenvalue weighted by molar-refractivity contribution is -0.140. The van der Waals surface area contributed by atoms with Crippen LogP contribution in [0.15, 0.2) is 0 Å². The number of methoxy groups -OCH3 is 1. The first-order valence-electron chi connectivity index (χ1n) is 3.44. The number of carbonyl (C=O) groups is 1. The fourth-order valence-electron chi connectivity index (χ4n) is 0.629. The summed E-state index contributed by atoms with van der Waals surface area (Å²) in [6.45, 7) is 0. The molecule has 0 aromatic heterocycles. The van der Waals surface area contributed by atoms with E-state index in [0.717, 1.165) is 0 Å². The molecule has 0 saturated heterocycles. The van der Waals surface area contributed by atoms with Gasteiger partial charge in [0.1, 0.15) is 0 Å². The molecule has 0 aliphatic rings. The van der Waals surface area contributed by atoms with Gasteiger partial charge in [0.05, 0.1) is 7.11 Å². The van der Waals surface area contributed by atoms with Gasteiger partial charge in [-0.1, -0.05) is 0 Å². The molecule has 0 aliphatic carbocycles. The first-order chi connectivity index (χ1) is 5.52. The van der Waals surface area contributed by atoms with Crippen LogP contribution < -0.4 is 0 Å². The fraction of sp³-hybridized carbons (Fsp3) is 0.625. The molecule has 0 radical (unpaired) electrons. The van der Waals surface area contributed by atoms with Crippen molar-refractivity contribution in [1.82, 2.24) is 0 Å². The average Bonchev–Trinajstić information content (AvgIpc) is 2.04. The van der Waals surface area contributed by atoms with E-state index < -0.39 is 18.3 Å². The van der Waals surface area contributed by atoms with E-state index in [-0.39, 0.29) is 12.8 Å². The Morgan fingerprint density at radius 1 is 1.67 bits per heavy atom. The van der Waals surface area contributed by atoms with Gasteiger partial charge in [-0.3, -0.25) is 4.79 Å². The summed E-state index contributed by atoms with van der Waals surface area (Å²) in [5.41, 5.74) is 0. The zero-order chi connectivity index (χ0) is 9.61. The molecule has 0 heterocycles. The van der Waals surface area contributed by atoms with Crippen LogP contribution >= 0.6 is 0 Å². The number of alkyl halides is 2. The van der Waals surface area contributed by atoms with E-state index in [1.807, 2.05) is 0 Å². The standard InChI is InChI=1S/C8H10F2O2/c1-3-8(9,10)6-4-5-7(11)12-2/h1H,4-6H2,2H3. The van der Waals surface area contributed by atoms with Crippen LogP contribution in [0, 0.1) is 12.3 Å². The maximum atomic E-state index is 12.3. The maximum Gasteiger partial charge on any atom is 0.307 e. The Bertz CT molecular complexity index is 194. The van der Waals surface area contributed by atoms with Gasteiger partial charge in [-0.05, 0) is 12.3 Å². The molecular formula is C8H10F2O2. The van der Waals surface area contributed by atoms with Crippen LogP contribution in [-0.4, -0.2) is 19.0 Å². The number of terminal acetylenes is 1. The van der Waals surface area contributed by atoms with Crippen molar-refractivity contribution in [3.8, 4) is 12.3 Å². The van der Waals surface area contributed by atoms with Crippen molar-refractivity contribution >= 4 is 5.97 Å². The van der Waals surface area contributed by atoms with Crippen molar-refractivity contribution in [2.24, 2.45) is 0 Å². The highest BCUT2D eigenvalue weighted by atomic mass is 19.3. The second-order valence-electron chi connectivity index (χ2n) is 2.28. The molecule has 0 aliphatic heterocycles. The minimum Gasteiger partial charge on any atom is -0.469 e. The Labute approximate surface area is 69.9 Å². The minimum atomic E-state index is -3.10. The summed E-state index contributed by atoms with van der Waals surface area (Å²) < 4.78 is 28.9. The molecule has 2 nitrogen and oxygen atoms in total. The summed E-state index contributed by atoms with van der Waals surface area (Å²) >= 11 is 0. The molecule has 0 unspecified atom stereocenters. The van der Waals surface area contributed by atoms with Gasteiger partial charge >= 0.3 is 11.9 Å². The van der Waals surface area contributed by atoms with Gasteiger partial charge in [-0.25, -0.2) is 0 Å². The number of ether oxygens (including phenoxy) is 1. The Morgan fingerprint density at radius 2 is 2.25 bits per heavy atom. The molecule has 12 heavy (non-hydrogen) atoms. The minimum absolute atomic E-state index is 0.0201. The molecule has 0 amide bonds. The monoisotopic (exact) mass is 176 g/mol. The maximum absolute atomic E-state index is 12.3. The summed E-state index contributed by atoms with van der Waals surface area (Å²) in [7, 11) is 1.21. The summed E-state index contributed by atoms with van der Waals surface area (Å²) in [4.78, 5) is 10.5. The van der Waals surface area contributed by atoms with Crippen LogP contribution in [-0.2, 0) is 9.53 Å². The van der Waals surface area contributed by atoms with E-state index >= 15 is 0 Å². The molecule has 68 valence electrons. The quantitative estimate of drug-likeness (QED) is 0.480. The normalized spacial score (nSPS) is 10.5. The van der Waals surface area contributed by atoms with Gasteiger partial charge in [0, 0.05) is 12.8 Å². The average molecular weight is 176 g/mol. The van der Waals surface area contributed by atoms with E-state index in [2.05, 4.69) is 11.2 Å². The summed E-state index contributed by atoms with van der Waals surface area (Å²) in [6, 6.07) is 0. The third-order valence-corrected chi connectivity index (χ3v) is 1.31. The first kappa shape index (κ1) is 10.9. The van der Waals surface area contributed by atoms with Crippen molar-refractivity contribution in [2.75, 3.05) is 7.11 Å². The molecule has 4 heteroatoms. The van der Waals surface area contributed by atoms with Gasteiger partial charge in [0.15, 0.2) is 0 Å². The lowest BCUT2D eigenvalue weighted by Crippen LogP contribution is -2.13. The Hall–Kier alpha value is -1.11. The summed E-state index contributed by atoms with van der Waals surface area (Å²) in [5.74, 6) is -2.25. The number of hydrogen-bond donors (Lipinski definition) is 0. The van der Waals surface area contributed by atoms with Crippen molar-refractivity contribution in [1.29, 1.82) is 0 Å². The van der Waals surface area contributed by atoms with Crippen molar-refractivity contribution in [3.63, 3.8) is 0 Å². The number of halogens is 2. The highest BCUT2D eigenvalue weighted by molar-refractivity contribution is 5.69.